The monoisotopic (exact) mass is 154 g/mol. The van der Waals surface area contributed by atoms with Crippen LogP contribution in [0.3, 0.4) is 0 Å². The lowest BCUT2D eigenvalue weighted by Crippen LogP contribution is -2.54. The second kappa shape index (κ2) is 2.53. The van der Waals surface area contributed by atoms with Crippen molar-refractivity contribution < 1.29 is 0 Å². The summed E-state index contributed by atoms with van der Waals surface area (Å²) in [6.07, 6.45) is 0. The Morgan fingerprint density at radius 2 is 1.82 bits per heavy atom. The van der Waals surface area contributed by atoms with Gasteiger partial charge in [-0.15, -0.1) is 0 Å². The van der Waals surface area contributed by atoms with Crippen molar-refractivity contribution in [2.75, 3.05) is 19.6 Å². The van der Waals surface area contributed by atoms with Crippen LogP contribution in [0, 0.1) is 0 Å². The SMILES string of the molecule is C[C@H]1CNC2=C(NCCN2)N1. The largest absolute Gasteiger partial charge is 0.367 e. The van der Waals surface area contributed by atoms with Crippen molar-refractivity contribution in [1.29, 1.82) is 0 Å². The van der Waals surface area contributed by atoms with E-state index in [0.717, 1.165) is 31.3 Å². The Hall–Kier alpha value is -1.06. The maximum atomic E-state index is 3.36. The molecule has 0 aliphatic carbocycles. The van der Waals surface area contributed by atoms with Crippen LogP contribution in [0.2, 0.25) is 0 Å². The zero-order valence-corrected chi connectivity index (χ0v) is 6.70. The van der Waals surface area contributed by atoms with Crippen LogP contribution in [0.25, 0.3) is 0 Å². The highest BCUT2D eigenvalue weighted by Crippen LogP contribution is 2.01. The molecule has 62 valence electrons. The summed E-state index contributed by atoms with van der Waals surface area (Å²) in [4.78, 5) is 0. The summed E-state index contributed by atoms with van der Waals surface area (Å²) >= 11 is 0. The highest BCUT2D eigenvalue weighted by Gasteiger charge is 2.17. The van der Waals surface area contributed by atoms with Gasteiger partial charge < -0.3 is 21.3 Å². The van der Waals surface area contributed by atoms with Crippen molar-refractivity contribution in [3.63, 3.8) is 0 Å². The molecule has 0 amide bonds. The van der Waals surface area contributed by atoms with E-state index in [1.54, 1.807) is 0 Å². The Labute approximate surface area is 66.4 Å². The number of hydrogen-bond acceptors (Lipinski definition) is 4. The summed E-state index contributed by atoms with van der Waals surface area (Å²) in [6.45, 7) is 5.16. The first kappa shape index (κ1) is 6.64. The lowest BCUT2D eigenvalue weighted by atomic mass is 10.2. The Morgan fingerprint density at radius 1 is 1.09 bits per heavy atom. The van der Waals surface area contributed by atoms with Gasteiger partial charge in [-0.1, -0.05) is 0 Å². The standard InChI is InChI=1S/C7H14N4/c1-5-4-10-6-7(11-5)9-3-2-8-6/h5,8-11H,2-4H2,1H3/t5-/m0/s1. The molecule has 2 heterocycles. The van der Waals surface area contributed by atoms with Crippen LogP contribution in [0.5, 0.6) is 0 Å². The first-order valence-corrected chi connectivity index (χ1v) is 4.08. The molecular weight excluding hydrogens is 140 g/mol. The molecule has 0 aromatic rings. The molecule has 1 atom stereocenters. The maximum absolute atomic E-state index is 3.36. The third kappa shape index (κ3) is 1.20. The van der Waals surface area contributed by atoms with Crippen molar-refractivity contribution >= 4 is 0 Å². The summed E-state index contributed by atoms with van der Waals surface area (Å²) in [5.41, 5.74) is 0. The molecule has 4 heteroatoms. The van der Waals surface area contributed by atoms with Crippen LogP contribution in [0.15, 0.2) is 11.6 Å². The minimum atomic E-state index is 0.515. The highest BCUT2D eigenvalue weighted by atomic mass is 15.3. The second-order valence-corrected chi connectivity index (χ2v) is 3.03. The molecule has 2 aliphatic rings. The molecule has 0 fully saturated rings. The third-order valence-electron chi connectivity index (χ3n) is 1.95. The van der Waals surface area contributed by atoms with Gasteiger partial charge in [0.15, 0.2) is 0 Å². The first-order chi connectivity index (χ1) is 5.36. The van der Waals surface area contributed by atoms with Crippen LogP contribution < -0.4 is 21.3 Å². The van der Waals surface area contributed by atoms with Crippen molar-refractivity contribution in [3.8, 4) is 0 Å². The summed E-state index contributed by atoms with van der Waals surface area (Å²) in [5, 5.41) is 13.3. The van der Waals surface area contributed by atoms with Gasteiger partial charge in [-0.25, -0.2) is 0 Å². The second-order valence-electron chi connectivity index (χ2n) is 3.03. The molecule has 0 aromatic heterocycles. The average molecular weight is 154 g/mol. The molecule has 11 heavy (non-hydrogen) atoms. The van der Waals surface area contributed by atoms with Gasteiger partial charge in [0.1, 0.15) is 11.6 Å². The van der Waals surface area contributed by atoms with E-state index in [0.29, 0.717) is 6.04 Å². The average Bonchev–Trinajstić information content (AvgIpc) is 2.04. The highest BCUT2D eigenvalue weighted by molar-refractivity contribution is 5.14. The van der Waals surface area contributed by atoms with Crippen molar-refractivity contribution in [1.82, 2.24) is 21.3 Å². The Kier molecular flexibility index (Phi) is 1.52. The van der Waals surface area contributed by atoms with Crippen LogP contribution in [-0.2, 0) is 0 Å². The summed E-state index contributed by atoms with van der Waals surface area (Å²) in [6, 6.07) is 0.515. The molecule has 2 aliphatic heterocycles. The molecule has 2 rings (SSSR count). The first-order valence-electron chi connectivity index (χ1n) is 4.08. The fourth-order valence-corrected chi connectivity index (χ4v) is 1.38. The van der Waals surface area contributed by atoms with Crippen LogP contribution in [0.4, 0.5) is 0 Å². The van der Waals surface area contributed by atoms with Crippen LogP contribution >= 0.6 is 0 Å². The van der Waals surface area contributed by atoms with E-state index in [1.807, 2.05) is 0 Å². The zero-order valence-electron chi connectivity index (χ0n) is 6.70. The zero-order chi connectivity index (χ0) is 7.68. The van der Waals surface area contributed by atoms with E-state index in [-0.39, 0.29) is 0 Å². The van der Waals surface area contributed by atoms with Crippen molar-refractivity contribution in [2.45, 2.75) is 13.0 Å². The molecule has 0 saturated carbocycles. The summed E-state index contributed by atoms with van der Waals surface area (Å²) in [5.74, 6) is 2.24. The lowest BCUT2D eigenvalue weighted by Gasteiger charge is -2.32. The minimum Gasteiger partial charge on any atom is -0.367 e. The van der Waals surface area contributed by atoms with E-state index in [1.165, 1.54) is 0 Å². The Balaban J connectivity index is 2.12. The smallest absolute Gasteiger partial charge is 0.140 e. The van der Waals surface area contributed by atoms with Crippen LogP contribution in [0.1, 0.15) is 6.92 Å². The van der Waals surface area contributed by atoms with Gasteiger partial charge in [0.05, 0.1) is 0 Å². The fraction of sp³-hybridized carbons (Fsp3) is 0.714. The van der Waals surface area contributed by atoms with Gasteiger partial charge in [0, 0.05) is 25.7 Å². The lowest BCUT2D eigenvalue weighted by molar-refractivity contribution is 0.446. The predicted molar refractivity (Wildman–Crippen MR) is 43.6 cm³/mol. The van der Waals surface area contributed by atoms with Gasteiger partial charge in [-0.3, -0.25) is 0 Å². The number of hydrogen-bond donors (Lipinski definition) is 4. The Bertz CT molecular complexity index is 187. The molecule has 0 aromatic carbocycles. The van der Waals surface area contributed by atoms with E-state index in [9.17, 15) is 0 Å². The maximum Gasteiger partial charge on any atom is 0.140 e. The predicted octanol–water partition coefficient (Wildman–Crippen LogP) is -1.11. The molecule has 4 N–H and O–H groups in total. The van der Waals surface area contributed by atoms with Gasteiger partial charge in [-0.05, 0) is 6.92 Å². The Morgan fingerprint density at radius 3 is 2.64 bits per heavy atom. The van der Waals surface area contributed by atoms with Crippen molar-refractivity contribution in [2.24, 2.45) is 0 Å². The third-order valence-corrected chi connectivity index (χ3v) is 1.95. The molecule has 0 spiro atoms. The van der Waals surface area contributed by atoms with E-state index in [4.69, 9.17) is 0 Å². The van der Waals surface area contributed by atoms with E-state index in [2.05, 4.69) is 28.2 Å². The van der Waals surface area contributed by atoms with Crippen LogP contribution in [-0.4, -0.2) is 25.7 Å². The fourth-order valence-electron chi connectivity index (χ4n) is 1.38. The van der Waals surface area contributed by atoms with E-state index >= 15 is 0 Å². The minimum absolute atomic E-state index is 0.515. The van der Waals surface area contributed by atoms with Gasteiger partial charge in [0.2, 0.25) is 0 Å². The molecule has 0 radical (unpaired) electrons. The summed E-state index contributed by atoms with van der Waals surface area (Å²) in [7, 11) is 0. The topological polar surface area (TPSA) is 48.1 Å². The van der Waals surface area contributed by atoms with Gasteiger partial charge in [0.25, 0.3) is 0 Å². The van der Waals surface area contributed by atoms with Gasteiger partial charge >= 0.3 is 0 Å². The quantitative estimate of drug-likeness (QED) is 0.357. The molecular formula is C7H14N4. The molecule has 0 bridgehead atoms. The van der Waals surface area contributed by atoms with Crippen molar-refractivity contribution in [3.05, 3.63) is 11.6 Å². The normalized spacial score (nSPS) is 29.0. The summed E-state index contributed by atoms with van der Waals surface area (Å²) < 4.78 is 0. The molecule has 0 saturated heterocycles. The van der Waals surface area contributed by atoms with E-state index < -0.39 is 0 Å². The number of rotatable bonds is 0. The molecule has 4 nitrogen and oxygen atoms in total. The number of nitrogens with one attached hydrogen (secondary N) is 4. The van der Waals surface area contributed by atoms with Gasteiger partial charge in [-0.2, -0.15) is 0 Å². The molecule has 0 unspecified atom stereocenters.